The highest BCUT2D eigenvalue weighted by Gasteiger charge is 2.43. The molecule has 0 saturated heterocycles. The molecule has 1 N–H and O–H groups in total. The van der Waals surface area contributed by atoms with Gasteiger partial charge < -0.3 is 10.0 Å². The third-order valence-corrected chi connectivity index (χ3v) is 8.77. The van der Waals surface area contributed by atoms with Crippen molar-refractivity contribution in [2.75, 3.05) is 4.90 Å². The number of rotatable bonds is 8. The molecule has 0 atom stereocenters. The molecule has 1 heterocycles. The summed E-state index contributed by atoms with van der Waals surface area (Å²) in [6.45, 7) is 14.2. The van der Waals surface area contributed by atoms with Crippen LogP contribution in [-0.4, -0.2) is 20.7 Å². The Balaban J connectivity index is 1.53. The maximum atomic E-state index is 13.5. The lowest BCUT2D eigenvalue weighted by Gasteiger charge is -2.31. The molecule has 44 heavy (non-hydrogen) atoms. The maximum absolute atomic E-state index is 13.5. The van der Waals surface area contributed by atoms with Gasteiger partial charge in [0.1, 0.15) is 5.76 Å². The lowest BCUT2D eigenvalue weighted by atomic mass is 9.74. The Bertz CT molecular complexity index is 1850. The number of nitrogens with zero attached hydrogens (tertiary/aromatic N) is 3. The Labute approximate surface area is 255 Å². The van der Waals surface area contributed by atoms with Crippen molar-refractivity contribution in [3.63, 3.8) is 0 Å². The first kappa shape index (κ1) is 30.2. The van der Waals surface area contributed by atoms with Crippen molar-refractivity contribution in [3.8, 4) is 0 Å². The summed E-state index contributed by atoms with van der Waals surface area (Å²) in [6.07, 6.45) is 3.25. The first-order chi connectivity index (χ1) is 20.6. The highest BCUT2D eigenvalue weighted by molar-refractivity contribution is 6.21. The molecule has 1 aliphatic carbocycles. The highest BCUT2D eigenvalue weighted by atomic mass is 16.6. The second-order valence-corrected chi connectivity index (χ2v) is 12.2. The smallest absolute Gasteiger partial charge is 0.271 e. The number of carbonyl (C=O) groups is 1. The SMILES string of the molecule is C=C(/C=C1\C(=O)C(/C=C2\N(Cc3ccccc3)c3cc([N+](=O)[O-])ccc3C2(C)C)=C1O)C(C)(C)c1ccc([N+](=O)[O-])cc1C. The van der Waals surface area contributed by atoms with Gasteiger partial charge in [0.15, 0.2) is 0 Å². The molecule has 9 nitrogen and oxygen atoms in total. The van der Waals surface area contributed by atoms with Crippen LogP contribution < -0.4 is 4.90 Å². The zero-order valence-corrected chi connectivity index (χ0v) is 25.2. The van der Waals surface area contributed by atoms with Gasteiger partial charge in [-0.3, -0.25) is 25.0 Å². The summed E-state index contributed by atoms with van der Waals surface area (Å²) in [4.78, 5) is 37.4. The Morgan fingerprint density at radius 1 is 1.00 bits per heavy atom. The van der Waals surface area contributed by atoms with Gasteiger partial charge >= 0.3 is 0 Å². The fraction of sp³-hybridized carbons (Fsp3) is 0.229. The van der Waals surface area contributed by atoms with Crippen molar-refractivity contribution in [3.05, 3.63) is 156 Å². The van der Waals surface area contributed by atoms with E-state index in [-0.39, 0.29) is 34.1 Å². The van der Waals surface area contributed by atoms with Gasteiger partial charge in [0, 0.05) is 47.3 Å². The van der Waals surface area contributed by atoms with Crippen molar-refractivity contribution in [1.29, 1.82) is 0 Å². The van der Waals surface area contributed by atoms with Gasteiger partial charge in [-0.25, -0.2) is 0 Å². The summed E-state index contributed by atoms with van der Waals surface area (Å²) in [7, 11) is 0. The van der Waals surface area contributed by atoms with Crippen LogP contribution in [0.3, 0.4) is 0 Å². The van der Waals surface area contributed by atoms with Crippen molar-refractivity contribution in [2.24, 2.45) is 0 Å². The van der Waals surface area contributed by atoms with Crippen molar-refractivity contribution in [2.45, 2.75) is 52.0 Å². The number of aliphatic hydroxyl groups is 1. The standard InChI is InChI=1S/C35H33N3O6/c1-21-16-24(37(41)42)12-14-28(21)34(3,4)22(2)17-26-32(39)27(33(26)40)19-31-35(5,6)29-15-13-25(38(43)44)18-30(29)36(31)20-23-10-8-7-9-11-23/h7-19,39H,2,20H2,1,3-6H3/b26-17-,31-19-. The van der Waals surface area contributed by atoms with Crippen LogP contribution in [0.4, 0.5) is 17.1 Å². The highest BCUT2D eigenvalue weighted by Crippen LogP contribution is 2.50. The van der Waals surface area contributed by atoms with E-state index in [0.717, 1.165) is 28.0 Å². The molecule has 1 aliphatic heterocycles. The number of ketones is 1. The van der Waals surface area contributed by atoms with Gasteiger partial charge in [-0.05, 0) is 53.0 Å². The van der Waals surface area contributed by atoms with Crippen LogP contribution in [0, 0.1) is 27.2 Å². The van der Waals surface area contributed by atoms with Crippen LogP contribution in [0.1, 0.15) is 49.9 Å². The molecule has 0 radical (unpaired) electrons. The largest absolute Gasteiger partial charge is 0.506 e. The number of non-ortho nitro benzene ring substituents is 2. The number of nitro benzene ring substituents is 2. The van der Waals surface area contributed by atoms with E-state index in [4.69, 9.17) is 0 Å². The minimum Gasteiger partial charge on any atom is -0.506 e. The molecule has 9 heteroatoms. The van der Waals surface area contributed by atoms with Crippen LogP contribution in [0.25, 0.3) is 0 Å². The van der Waals surface area contributed by atoms with E-state index in [2.05, 4.69) is 6.58 Å². The van der Waals surface area contributed by atoms with Crippen LogP contribution in [0.5, 0.6) is 0 Å². The Morgan fingerprint density at radius 2 is 1.61 bits per heavy atom. The van der Waals surface area contributed by atoms with Crippen LogP contribution in [0.15, 0.2) is 114 Å². The number of fused-ring (bicyclic) bond motifs is 1. The molecule has 0 aromatic heterocycles. The normalized spacial score (nSPS) is 17.6. The van der Waals surface area contributed by atoms with E-state index in [1.807, 2.05) is 62.9 Å². The lowest BCUT2D eigenvalue weighted by molar-refractivity contribution is -0.385. The predicted octanol–water partition coefficient (Wildman–Crippen LogP) is 7.85. The van der Waals surface area contributed by atoms with Gasteiger partial charge in [-0.15, -0.1) is 0 Å². The topological polar surface area (TPSA) is 127 Å². The lowest BCUT2D eigenvalue weighted by Crippen LogP contribution is -2.29. The van der Waals surface area contributed by atoms with Crippen molar-refractivity contribution >= 4 is 22.8 Å². The molecule has 0 unspecified atom stereocenters. The van der Waals surface area contributed by atoms with E-state index in [1.54, 1.807) is 37.3 Å². The van der Waals surface area contributed by atoms with E-state index < -0.39 is 20.7 Å². The van der Waals surface area contributed by atoms with E-state index in [0.29, 0.717) is 17.8 Å². The van der Waals surface area contributed by atoms with Crippen LogP contribution >= 0.6 is 0 Å². The summed E-state index contributed by atoms with van der Waals surface area (Å²) in [5, 5.41) is 34.0. The monoisotopic (exact) mass is 591 g/mol. The molecule has 0 spiro atoms. The molecular formula is C35H33N3O6. The third-order valence-electron chi connectivity index (χ3n) is 8.77. The second kappa shape index (κ2) is 10.8. The van der Waals surface area contributed by atoms with Gasteiger partial charge in [-0.2, -0.15) is 0 Å². The van der Waals surface area contributed by atoms with Crippen molar-refractivity contribution in [1.82, 2.24) is 0 Å². The summed E-state index contributed by atoms with van der Waals surface area (Å²) in [5.41, 5.74) is 4.29. The molecule has 2 aliphatic rings. The summed E-state index contributed by atoms with van der Waals surface area (Å²) >= 11 is 0. The second-order valence-electron chi connectivity index (χ2n) is 12.2. The fourth-order valence-electron chi connectivity index (χ4n) is 6.02. The summed E-state index contributed by atoms with van der Waals surface area (Å²) in [6, 6.07) is 19.1. The number of hydrogen-bond donors (Lipinski definition) is 1. The summed E-state index contributed by atoms with van der Waals surface area (Å²) in [5.74, 6) is -0.498. The predicted molar refractivity (Wildman–Crippen MR) is 170 cm³/mol. The number of allylic oxidation sites excluding steroid dienone is 6. The van der Waals surface area contributed by atoms with Gasteiger partial charge in [0.25, 0.3) is 11.4 Å². The van der Waals surface area contributed by atoms with Gasteiger partial charge in [-0.1, -0.05) is 70.7 Å². The molecule has 3 aromatic rings. The average Bonchev–Trinajstić information content (AvgIpc) is 3.19. The summed E-state index contributed by atoms with van der Waals surface area (Å²) < 4.78 is 0. The fourth-order valence-corrected chi connectivity index (χ4v) is 6.02. The Morgan fingerprint density at radius 3 is 2.20 bits per heavy atom. The van der Waals surface area contributed by atoms with E-state index in [1.165, 1.54) is 18.2 Å². The average molecular weight is 592 g/mol. The number of nitro groups is 2. The molecule has 0 fully saturated rings. The number of hydrogen-bond acceptors (Lipinski definition) is 7. The zero-order valence-electron chi connectivity index (χ0n) is 25.2. The number of benzene rings is 3. The Hall–Kier alpha value is -5.31. The molecule has 0 saturated carbocycles. The van der Waals surface area contributed by atoms with Gasteiger partial charge in [0.2, 0.25) is 5.78 Å². The Kier molecular flexibility index (Phi) is 7.37. The molecule has 0 amide bonds. The van der Waals surface area contributed by atoms with Gasteiger partial charge in [0.05, 0.1) is 26.7 Å². The first-order valence-corrected chi connectivity index (χ1v) is 14.1. The minimum absolute atomic E-state index is 0.00801. The molecule has 3 aromatic carbocycles. The van der Waals surface area contributed by atoms with E-state index >= 15 is 0 Å². The number of Topliss-reactive ketones (excluding diaryl/α,β-unsaturated/α-hetero) is 1. The van der Waals surface area contributed by atoms with Crippen LogP contribution in [-0.2, 0) is 22.2 Å². The third kappa shape index (κ3) is 5.00. The molecule has 0 bridgehead atoms. The molecular weight excluding hydrogens is 558 g/mol. The molecule has 5 rings (SSSR count). The number of anilines is 1. The first-order valence-electron chi connectivity index (χ1n) is 14.1. The minimum atomic E-state index is -0.683. The van der Waals surface area contributed by atoms with Crippen LogP contribution in [0.2, 0.25) is 0 Å². The number of aryl methyl sites for hydroxylation is 1. The maximum Gasteiger partial charge on any atom is 0.271 e. The zero-order chi connectivity index (χ0) is 32.1. The molecule has 224 valence electrons. The number of carbonyl (C=O) groups excluding carboxylic acids is 1. The number of aliphatic hydroxyl groups excluding tert-OH is 1. The van der Waals surface area contributed by atoms with Crippen molar-refractivity contribution < 1.29 is 19.7 Å². The van der Waals surface area contributed by atoms with E-state index in [9.17, 15) is 30.1 Å². The quantitative estimate of drug-likeness (QED) is 0.161.